The Balaban J connectivity index is 0.000000133. The van der Waals surface area contributed by atoms with E-state index in [-0.39, 0.29) is 0 Å². The van der Waals surface area contributed by atoms with Gasteiger partial charge in [-0.3, -0.25) is 0 Å². The maximum Gasteiger partial charge on any atom is 0.135 e. The van der Waals surface area contributed by atoms with Crippen molar-refractivity contribution in [3.05, 3.63) is 364 Å². The van der Waals surface area contributed by atoms with E-state index in [1.165, 1.54) is 169 Å². The van der Waals surface area contributed by atoms with Crippen LogP contribution in [-0.4, -0.2) is 18.3 Å². The first-order chi connectivity index (χ1) is 50.6. The molecule has 16 aromatic carbocycles. The number of furan rings is 1. The molecule has 0 spiro atoms. The van der Waals surface area contributed by atoms with Gasteiger partial charge in [-0.05, 0) is 190 Å². The van der Waals surface area contributed by atoms with Crippen LogP contribution in [-0.2, 0) is 0 Å². The molecule has 0 saturated heterocycles. The monoisotopic (exact) mass is 1320 g/mol. The van der Waals surface area contributed by atoms with Crippen LogP contribution in [0.4, 0.5) is 0 Å². The van der Waals surface area contributed by atoms with Crippen molar-refractivity contribution in [1.82, 2.24) is 18.3 Å². The van der Waals surface area contributed by atoms with Gasteiger partial charge in [0, 0.05) is 96.8 Å². The maximum atomic E-state index is 6.14. The van der Waals surface area contributed by atoms with E-state index < -0.39 is 0 Å². The first kappa shape index (κ1) is 57.8. The van der Waals surface area contributed by atoms with Crippen molar-refractivity contribution in [2.75, 3.05) is 0 Å². The standard InChI is InChI=1S/C48H30N2O.C48H30N2S/c2*1-2-10-35(11-3-1)49-43-15-7-4-12-37(43)40-28-33(22-25-45(40)49)31-18-20-32(21-19-31)34-23-26-46-41(29-34)38-13-5-8-16-44(38)50(46)36-24-27-48-42(30-36)39-14-6-9-17-47(39)51-48/h2*1-30H. The predicted molar refractivity (Wildman–Crippen MR) is 432 cm³/mol. The average molecular weight is 1320 g/mol. The zero-order valence-corrected chi connectivity index (χ0v) is 56.1. The number of rotatable bonds is 8. The largest absolute Gasteiger partial charge is 0.456 e. The molecular formula is C96H60N4OS. The van der Waals surface area contributed by atoms with E-state index in [9.17, 15) is 0 Å². The molecule has 0 aliphatic rings. The number of hydrogen-bond acceptors (Lipinski definition) is 2. The molecule has 0 amide bonds. The summed E-state index contributed by atoms with van der Waals surface area (Å²) < 4.78 is 18.3. The third kappa shape index (κ3) is 9.24. The normalized spacial score (nSPS) is 11.9. The Morgan fingerprint density at radius 2 is 0.461 bits per heavy atom. The van der Waals surface area contributed by atoms with Gasteiger partial charge in [0.2, 0.25) is 0 Å². The van der Waals surface area contributed by atoms with Crippen LogP contribution < -0.4 is 0 Å². The molecule has 0 bridgehead atoms. The molecule has 6 heterocycles. The lowest BCUT2D eigenvalue weighted by molar-refractivity contribution is 0.669. The summed E-state index contributed by atoms with van der Waals surface area (Å²) >= 11 is 1.86. The van der Waals surface area contributed by atoms with Gasteiger partial charge < -0.3 is 22.7 Å². The topological polar surface area (TPSA) is 32.9 Å². The third-order valence-corrected chi connectivity index (χ3v) is 22.2. The summed E-state index contributed by atoms with van der Waals surface area (Å²) in [6.07, 6.45) is 0. The van der Waals surface area contributed by atoms with Crippen LogP contribution in [0.1, 0.15) is 0 Å². The fraction of sp³-hybridized carbons (Fsp3) is 0. The lowest BCUT2D eigenvalue weighted by Gasteiger charge is -2.10. The highest BCUT2D eigenvalue weighted by molar-refractivity contribution is 7.25. The highest BCUT2D eigenvalue weighted by Gasteiger charge is 2.20. The highest BCUT2D eigenvalue weighted by atomic mass is 32.1. The second-order valence-corrected chi connectivity index (χ2v) is 27.8. The van der Waals surface area contributed by atoms with Crippen molar-refractivity contribution in [2.24, 2.45) is 0 Å². The minimum Gasteiger partial charge on any atom is -0.456 e. The maximum absolute atomic E-state index is 6.14. The van der Waals surface area contributed by atoms with E-state index >= 15 is 0 Å². The lowest BCUT2D eigenvalue weighted by Crippen LogP contribution is -1.93. The molecule has 22 rings (SSSR count). The van der Waals surface area contributed by atoms with Crippen molar-refractivity contribution < 1.29 is 4.42 Å². The zero-order chi connectivity index (χ0) is 66.9. The second-order valence-electron chi connectivity index (χ2n) is 26.7. The number of thiophene rings is 1. The molecule has 0 radical (unpaired) electrons. The molecule has 6 heteroatoms. The molecule has 0 unspecified atom stereocenters. The predicted octanol–water partition coefficient (Wildman–Crippen LogP) is 26.7. The first-order valence-corrected chi connectivity index (χ1v) is 35.7. The van der Waals surface area contributed by atoms with Crippen molar-refractivity contribution >= 4 is 141 Å². The number of para-hydroxylation sites is 7. The number of aromatic nitrogens is 4. The Hall–Kier alpha value is -13.3. The van der Waals surface area contributed by atoms with Crippen LogP contribution in [0.25, 0.3) is 197 Å². The van der Waals surface area contributed by atoms with Crippen molar-refractivity contribution in [3.8, 4) is 67.3 Å². The van der Waals surface area contributed by atoms with E-state index in [1.807, 2.05) is 23.5 Å². The van der Waals surface area contributed by atoms with Gasteiger partial charge >= 0.3 is 0 Å². The molecule has 0 atom stereocenters. The van der Waals surface area contributed by atoms with Crippen molar-refractivity contribution in [2.45, 2.75) is 0 Å². The molecule has 0 saturated carbocycles. The molecule has 0 aliphatic heterocycles. The quantitative estimate of drug-likeness (QED) is 0.149. The Morgan fingerprint density at radius 3 is 0.882 bits per heavy atom. The second kappa shape index (κ2) is 23.2. The SMILES string of the molecule is c1ccc(-n2c3ccccc3c3cc(-c4ccc(-c5ccc6c(c5)c5ccccc5n6-c5ccc6oc7ccccc7c6c5)cc4)ccc32)cc1.c1ccc(-n2c3ccccc3c3cc(-c4ccc(-c5ccc6c(c5)c5ccccc5n6-c5ccc6sc7ccccc7c6c5)cc4)ccc32)cc1. The first-order valence-electron chi connectivity index (χ1n) is 34.9. The lowest BCUT2D eigenvalue weighted by atomic mass is 9.98. The van der Waals surface area contributed by atoms with Crippen LogP contribution in [0.2, 0.25) is 0 Å². The summed E-state index contributed by atoms with van der Waals surface area (Å²) in [6, 6.07) is 132. The van der Waals surface area contributed by atoms with Gasteiger partial charge in [-0.2, -0.15) is 0 Å². The van der Waals surface area contributed by atoms with E-state index in [4.69, 9.17) is 4.42 Å². The molecule has 0 fully saturated rings. The van der Waals surface area contributed by atoms with Crippen LogP contribution in [0.15, 0.2) is 368 Å². The number of nitrogens with zero attached hydrogens (tertiary/aromatic N) is 4. The Morgan fingerprint density at radius 1 is 0.167 bits per heavy atom. The van der Waals surface area contributed by atoms with Gasteiger partial charge in [-0.15, -0.1) is 11.3 Å². The Labute approximate surface area is 590 Å². The van der Waals surface area contributed by atoms with Gasteiger partial charge in [0.05, 0.1) is 44.1 Å². The minimum atomic E-state index is 0.908. The Bertz CT molecular complexity index is 6670. The van der Waals surface area contributed by atoms with E-state index in [0.717, 1.165) is 27.6 Å². The van der Waals surface area contributed by atoms with Crippen molar-refractivity contribution in [3.63, 3.8) is 0 Å². The van der Waals surface area contributed by atoms with Gasteiger partial charge in [-0.1, -0.05) is 218 Å². The van der Waals surface area contributed by atoms with E-state index in [2.05, 4.69) is 370 Å². The summed E-state index contributed by atoms with van der Waals surface area (Å²) in [5, 5.41) is 15.0. The summed E-state index contributed by atoms with van der Waals surface area (Å²) in [5.41, 5.74) is 25.9. The Kier molecular flexibility index (Phi) is 13.1. The molecule has 6 aromatic heterocycles. The van der Waals surface area contributed by atoms with Gasteiger partial charge in [0.25, 0.3) is 0 Å². The van der Waals surface area contributed by atoms with Gasteiger partial charge in [0.1, 0.15) is 11.2 Å². The number of fused-ring (bicyclic) bond motifs is 18. The fourth-order valence-electron chi connectivity index (χ4n) is 16.3. The average Bonchev–Trinajstić information content (AvgIpc) is 1.57. The van der Waals surface area contributed by atoms with Crippen LogP contribution >= 0.6 is 11.3 Å². The molecule has 102 heavy (non-hydrogen) atoms. The van der Waals surface area contributed by atoms with Crippen LogP contribution in [0, 0.1) is 0 Å². The molecule has 5 nitrogen and oxygen atoms in total. The molecule has 22 aromatic rings. The van der Waals surface area contributed by atoms with Crippen LogP contribution in [0.3, 0.4) is 0 Å². The van der Waals surface area contributed by atoms with E-state index in [0.29, 0.717) is 0 Å². The highest BCUT2D eigenvalue weighted by Crippen LogP contribution is 2.43. The summed E-state index contributed by atoms with van der Waals surface area (Å²) in [7, 11) is 0. The van der Waals surface area contributed by atoms with Crippen LogP contribution in [0.5, 0.6) is 0 Å². The third-order valence-electron chi connectivity index (χ3n) is 21.1. The number of benzene rings is 16. The van der Waals surface area contributed by atoms with Gasteiger partial charge in [0.15, 0.2) is 0 Å². The minimum absolute atomic E-state index is 0.908. The molecule has 476 valence electrons. The molecular weight excluding hydrogens is 1260 g/mol. The van der Waals surface area contributed by atoms with Gasteiger partial charge in [-0.25, -0.2) is 0 Å². The van der Waals surface area contributed by atoms with E-state index in [1.54, 1.807) is 0 Å². The fourth-order valence-corrected chi connectivity index (χ4v) is 17.4. The molecule has 0 aliphatic carbocycles. The summed E-state index contributed by atoms with van der Waals surface area (Å²) in [6.45, 7) is 0. The summed E-state index contributed by atoms with van der Waals surface area (Å²) in [5.74, 6) is 0. The number of hydrogen-bond donors (Lipinski definition) is 0. The van der Waals surface area contributed by atoms with Crippen molar-refractivity contribution in [1.29, 1.82) is 0 Å². The zero-order valence-electron chi connectivity index (χ0n) is 55.2. The summed E-state index contributed by atoms with van der Waals surface area (Å²) in [4.78, 5) is 0. The smallest absolute Gasteiger partial charge is 0.135 e. The molecule has 0 N–H and O–H groups in total.